The molecule has 27 heavy (non-hydrogen) atoms. The summed E-state index contributed by atoms with van der Waals surface area (Å²) in [6.07, 6.45) is 5.61. The zero-order valence-electron chi connectivity index (χ0n) is 15.1. The first-order chi connectivity index (χ1) is 13.4. The number of pyridine rings is 1. The summed E-state index contributed by atoms with van der Waals surface area (Å²) in [5.41, 5.74) is 6.27. The van der Waals surface area contributed by atoms with Crippen LogP contribution in [0.15, 0.2) is 97.1 Å². The molecule has 3 aromatic carbocycles. The van der Waals surface area contributed by atoms with Crippen LogP contribution in [0.1, 0.15) is 28.3 Å². The Labute approximate surface area is 160 Å². The van der Waals surface area contributed by atoms with E-state index in [9.17, 15) is 0 Å². The first-order valence-electron chi connectivity index (χ1n) is 9.55. The standard InChI is InChI=1S/C26H21N/c1-3-9-19(10-4-1)26(20-11-5-2-6-12-20)23-16-15-22-17-21-13-7-8-14-24(21)27-25(22)18-23/h1-17,23,26H,18H2/t23-/m1/s1. The Balaban J connectivity index is 1.58. The summed E-state index contributed by atoms with van der Waals surface area (Å²) in [5, 5.41) is 1.21. The summed E-state index contributed by atoms with van der Waals surface area (Å²) in [6.45, 7) is 0. The first-order valence-corrected chi connectivity index (χ1v) is 9.55. The Morgan fingerprint density at radius 2 is 1.37 bits per heavy atom. The van der Waals surface area contributed by atoms with Crippen LogP contribution in [0.2, 0.25) is 0 Å². The Morgan fingerprint density at radius 1 is 0.741 bits per heavy atom. The van der Waals surface area contributed by atoms with Crippen molar-refractivity contribution in [1.82, 2.24) is 4.98 Å². The smallest absolute Gasteiger partial charge is 0.0705 e. The van der Waals surface area contributed by atoms with E-state index in [1.807, 2.05) is 0 Å². The molecule has 0 fully saturated rings. The molecule has 0 radical (unpaired) electrons. The average molecular weight is 347 g/mol. The summed E-state index contributed by atoms with van der Waals surface area (Å²) in [4.78, 5) is 4.98. The molecule has 1 atom stereocenters. The molecule has 0 unspecified atom stereocenters. The maximum atomic E-state index is 4.98. The van der Waals surface area contributed by atoms with Gasteiger partial charge in [-0.15, -0.1) is 0 Å². The fourth-order valence-corrected chi connectivity index (χ4v) is 4.24. The van der Waals surface area contributed by atoms with Crippen LogP contribution in [0, 0.1) is 5.92 Å². The molecule has 0 N–H and O–H groups in total. The van der Waals surface area contributed by atoms with Gasteiger partial charge in [-0.25, -0.2) is 0 Å². The van der Waals surface area contributed by atoms with Gasteiger partial charge in [-0.05, 0) is 41.2 Å². The van der Waals surface area contributed by atoms with E-state index in [-0.39, 0.29) is 0 Å². The zero-order valence-corrected chi connectivity index (χ0v) is 15.1. The van der Waals surface area contributed by atoms with Crippen LogP contribution >= 0.6 is 0 Å². The zero-order chi connectivity index (χ0) is 18.1. The van der Waals surface area contributed by atoms with Gasteiger partial charge in [0.2, 0.25) is 0 Å². The van der Waals surface area contributed by atoms with Crippen molar-refractivity contribution < 1.29 is 0 Å². The SMILES string of the molecule is C1=C[C@@H](C(c2ccccc2)c2ccccc2)Cc2nc3ccccc3cc21. The normalized spacial score (nSPS) is 15.8. The van der Waals surface area contributed by atoms with Crippen LogP contribution < -0.4 is 0 Å². The van der Waals surface area contributed by atoms with Gasteiger partial charge in [-0.2, -0.15) is 0 Å². The predicted octanol–water partition coefficient (Wildman–Crippen LogP) is 6.25. The average Bonchev–Trinajstić information content (AvgIpc) is 2.74. The molecular formula is C26H21N. The molecule has 0 aliphatic heterocycles. The number of benzene rings is 3. The lowest BCUT2D eigenvalue weighted by molar-refractivity contribution is 0.556. The maximum absolute atomic E-state index is 4.98. The van der Waals surface area contributed by atoms with Gasteiger partial charge in [0.1, 0.15) is 0 Å². The number of nitrogens with zero attached hydrogens (tertiary/aromatic N) is 1. The van der Waals surface area contributed by atoms with Crippen LogP contribution in [0.25, 0.3) is 17.0 Å². The van der Waals surface area contributed by atoms with Crippen molar-refractivity contribution in [2.45, 2.75) is 12.3 Å². The van der Waals surface area contributed by atoms with E-state index in [0.717, 1.165) is 11.9 Å². The number of rotatable bonds is 3. The number of hydrogen-bond acceptors (Lipinski definition) is 1. The number of fused-ring (bicyclic) bond motifs is 2. The van der Waals surface area contributed by atoms with Crippen molar-refractivity contribution in [3.8, 4) is 0 Å². The molecule has 1 heterocycles. The molecule has 0 amide bonds. The summed E-state index contributed by atoms with van der Waals surface area (Å²) < 4.78 is 0. The molecule has 1 heteroatoms. The molecule has 4 aromatic rings. The van der Waals surface area contributed by atoms with E-state index in [0.29, 0.717) is 11.8 Å². The van der Waals surface area contributed by atoms with Crippen molar-refractivity contribution in [2.24, 2.45) is 5.92 Å². The van der Waals surface area contributed by atoms with E-state index in [1.54, 1.807) is 0 Å². The molecule has 0 saturated carbocycles. The van der Waals surface area contributed by atoms with Gasteiger partial charge in [0.05, 0.1) is 5.52 Å². The molecule has 1 aliphatic rings. The van der Waals surface area contributed by atoms with E-state index < -0.39 is 0 Å². The highest BCUT2D eigenvalue weighted by Crippen LogP contribution is 2.38. The van der Waals surface area contributed by atoms with Crippen LogP contribution in [0.3, 0.4) is 0 Å². The Kier molecular flexibility index (Phi) is 4.06. The van der Waals surface area contributed by atoms with Crippen LogP contribution in [0.5, 0.6) is 0 Å². The van der Waals surface area contributed by atoms with Crippen molar-refractivity contribution in [3.63, 3.8) is 0 Å². The van der Waals surface area contributed by atoms with Crippen molar-refractivity contribution in [2.75, 3.05) is 0 Å². The van der Waals surface area contributed by atoms with E-state index in [2.05, 4.69) is 103 Å². The van der Waals surface area contributed by atoms with Crippen LogP contribution in [-0.4, -0.2) is 4.98 Å². The third-order valence-electron chi connectivity index (χ3n) is 5.53. The quantitative estimate of drug-likeness (QED) is 0.427. The molecule has 0 saturated heterocycles. The van der Waals surface area contributed by atoms with Gasteiger partial charge >= 0.3 is 0 Å². The van der Waals surface area contributed by atoms with Crippen LogP contribution in [0.4, 0.5) is 0 Å². The highest BCUT2D eigenvalue weighted by atomic mass is 14.7. The molecule has 130 valence electrons. The Bertz CT molecular complexity index is 1060. The number of aromatic nitrogens is 1. The molecule has 5 rings (SSSR count). The molecule has 1 nitrogen and oxygen atoms in total. The second kappa shape index (κ2) is 6.85. The first kappa shape index (κ1) is 16.0. The van der Waals surface area contributed by atoms with Gasteiger partial charge in [0.15, 0.2) is 0 Å². The highest BCUT2D eigenvalue weighted by molar-refractivity contribution is 5.82. The monoisotopic (exact) mass is 347 g/mol. The van der Waals surface area contributed by atoms with Gasteiger partial charge in [-0.1, -0.05) is 91.0 Å². The van der Waals surface area contributed by atoms with Crippen molar-refractivity contribution in [1.29, 1.82) is 0 Å². The van der Waals surface area contributed by atoms with Crippen LogP contribution in [-0.2, 0) is 6.42 Å². The van der Waals surface area contributed by atoms with Crippen molar-refractivity contribution in [3.05, 3.63) is 119 Å². The van der Waals surface area contributed by atoms with E-state index >= 15 is 0 Å². The molecule has 0 spiro atoms. The van der Waals surface area contributed by atoms with Crippen molar-refractivity contribution >= 4 is 17.0 Å². The Hall–Kier alpha value is -3.19. The lowest BCUT2D eigenvalue weighted by Gasteiger charge is -2.28. The molecule has 1 aliphatic carbocycles. The van der Waals surface area contributed by atoms with Gasteiger partial charge < -0.3 is 0 Å². The number of allylic oxidation sites excluding steroid dienone is 1. The van der Waals surface area contributed by atoms with Gasteiger partial charge in [0.25, 0.3) is 0 Å². The fourth-order valence-electron chi connectivity index (χ4n) is 4.24. The minimum atomic E-state index is 0.338. The van der Waals surface area contributed by atoms with E-state index in [4.69, 9.17) is 4.98 Å². The second-order valence-electron chi connectivity index (χ2n) is 7.24. The third kappa shape index (κ3) is 3.06. The fraction of sp³-hybridized carbons (Fsp3) is 0.115. The molecular weight excluding hydrogens is 326 g/mol. The molecule has 1 aromatic heterocycles. The lowest BCUT2D eigenvalue weighted by atomic mass is 9.76. The molecule has 0 bridgehead atoms. The van der Waals surface area contributed by atoms with Gasteiger partial charge in [-0.3, -0.25) is 4.98 Å². The minimum absolute atomic E-state index is 0.338. The Morgan fingerprint density at radius 3 is 2.07 bits per heavy atom. The predicted molar refractivity (Wildman–Crippen MR) is 113 cm³/mol. The van der Waals surface area contributed by atoms with Gasteiger partial charge in [0, 0.05) is 17.0 Å². The maximum Gasteiger partial charge on any atom is 0.0705 e. The summed E-state index contributed by atoms with van der Waals surface area (Å²) in [6, 6.07) is 32.4. The highest BCUT2D eigenvalue weighted by Gasteiger charge is 2.26. The topological polar surface area (TPSA) is 12.9 Å². The minimum Gasteiger partial charge on any atom is -0.252 e. The largest absolute Gasteiger partial charge is 0.252 e. The summed E-state index contributed by atoms with van der Waals surface area (Å²) in [5.74, 6) is 0.737. The number of para-hydroxylation sites is 1. The summed E-state index contributed by atoms with van der Waals surface area (Å²) >= 11 is 0. The number of hydrogen-bond donors (Lipinski definition) is 0. The van der Waals surface area contributed by atoms with E-state index in [1.165, 1.54) is 27.8 Å². The lowest BCUT2D eigenvalue weighted by Crippen LogP contribution is -2.18. The third-order valence-corrected chi connectivity index (χ3v) is 5.53. The second-order valence-corrected chi connectivity index (χ2v) is 7.24. The summed E-state index contributed by atoms with van der Waals surface area (Å²) in [7, 11) is 0.